The van der Waals surface area contributed by atoms with Crippen molar-refractivity contribution in [1.29, 1.82) is 0 Å². The van der Waals surface area contributed by atoms with Crippen LogP contribution in [0.5, 0.6) is 0 Å². The number of anilines is 1. The third-order valence-corrected chi connectivity index (χ3v) is 8.70. The summed E-state index contributed by atoms with van der Waals surface area (Å²) in [6.45, 7) is 0.735. The molecule has 2 N–H and O–H groups in total. The number of nitrogens with zero attached hydrogens (tertiary/aromatic N) is 1. The van der Waals surface area contributed by atoms with Gasteiger partial charge < -0.3 is 10.3 Å². The first-order valence-corrected chi connectivity index (χ1v) is 12.5. The monoisotopic (exact) mass is 425 g/mol. The number of benzene rings is 1. The van der Waals surface area contributed by atoms with Crippen LogP contribution in [-0.2, 0) is 15.6 Å². The molecule has 1 saturated carbocycles. The minimum atomic E-state index is -2.88. The average Bonchev–Trinajstić information content (AvgIpc) is 2.61. The molecule has 0 atom stereocenters. The van der Waals surface area contributed by atoms with Crippen molar-refractivity contribution in [2.45, 2.75) is 43.1 Å². The maximum Gasteiger partial charge on any atom is 0.258 e. The Labute approximate surface area is 167 Å². The fourth-order valence-electron chi connectivity index (χ4n) is 3.59. The van der Waals surface area contributed by atoms with E-state index in [0.29, 0.717) is 41.5 Å². The van der Waals surface area contributed by atoms with Crippen LogP contribution < -0.4 is 10.9 Å². The summed E-state index contributed by atoms with van der Waals surface area (Å²) in [6.07, 6.45) is 4.84. The number of aromatic amines is 1. The second-order valence-corrected chi connectivity index (χ2v) is 11.3. The van der Waals surface area contributed by atoms with Gasteiger partial charge in [0, 0.05) is 11.8 Å². The zero-order chi connectivity index (χ0) is 19.7. The number of fused-ring (bicyclic) bond motifs is 1. The molecule has 1 aromatic carbocycles. The molecule has 2 fully saturated rings. The first-order valence-electron chi connectivity index (χ1n) is 9.68. The second kappa shape index (κ2) is 8.02. The van der Waals surface area contributed by atoms with Gasteiger partial charge in [-0.2, -0.15) is 11.8 Å². The van der Waals surface area contributed by atoms with Crippen molar-refractivity contribution in [1.82, 2.24) is 9.97 Å². The molecule has 4 rings (SSSR count). The Morgan fingerprint density at radius 2 is 1.96 bits per heavy atom. The number of rotatable bonds is 6. The van der Waals surface area contributed by atoms with Crippen LogP contribution >= 0.6 is 11.8 Å². The van der Waals surface area contributed by atoms with E-state index >= 15 is 0 Å². The highest BCUT2D eigenvalue weighted by Gasteiger charge is 2.24. The second-order valence-electron chi connectivity index (χ2n) is 7.70. The quantitative estimate of drug-likeness (QED) is 0.739. The zero-order valence-electron chi connectivity index (χ0n) is 15.5. The topological polar surface area (TPSA) is 91.9 Å². The molecule has 2 heterocycles. The van der Waals surface area contributed by atoms with Gasteiger partial charge in [0.05, 0.1) is 33.8 Å². The SMILES string of the molecule is O=c1[nH]c(CSC2CCS(=O)(=O)CC2)nc2cc(NCC3CCC3)c(F)cc12. The van der Waals surface area contributed by atoms with Crippen molar-refractivity contribution >= 4 is 38.2 Å². The molecule has 1 aliphatic heterocycles. The number of nitrogens with one attached hydrogen (secondary N) is 2. The van der Waals surface area contributed by atoms with Gasteiger partial charge in [-0.05, 0) is 43.7 Å². The van der Waals surface area contributed by atoms with E-state index in [-0.39, 0.29) is 27.7 Å². The fraction of sp³-hybridized carbons (Fsp3) is 0.579. The zero-order valence-corrected chi connectivity index (χ0v) is 17.2. The largest absolute Gasteiger partial charge is 0.382 e. The van der Waals surface area contributed by atoms with Crippen molar-refractivity contribution < 1.29 is 12.8 Å². The molecule has 28 heavy (non-hydrogen) atoms. The molecule has 1 saturated heterocycles. The van der Waals surface area contributed by atoms with Crippen molar-refractivity contribution in [3.05, 3.63) is 34.1 Å². The number of hydrogen-bond acceptors (Lipinski definition) is 6. The predicted octanol–water partition coefficient (Wildman–Crippen LogP) is 3.08. The van der Waals surface area contributed by atoms with Gasteiger partial charge in [0.15, 0.2) is 0 Å². The van der Waals surface area contributed by atoms with Crippen molar-refractivity contribution in [2.24, 2.45) is 5.92 Å². The molecule has 2 aromatic rings. The Bertz CT molecular complexity index is 1020. The van der Waals surface area contributed by atoms with E-state index in [1.165, 1.54) is 25.3 Å². The van der Waals surface area contributed by atoms with Gasteiger partial charge in [-0.15, -0.1) is 0 Å². The van der Waals surface area contributed by atoms with E-state index in [9.17, 15) is 17.6 Å². The summed E-state index contributed by atoms with van der Waals surface area (Å²) in [4.78, 5) is 19.6. The molecule has 0 unspecified atom stereocenters. The normalized spacial score (nSPS) is 20.2. The standard InChI is InChI=1S/C19H24FN3O3S2/c20-15-8-14-16(9-17(15)21-10-12-2-1-3-12)22-18(23-19(14)24)11-27-13-4-6-28(25,26)7-5-13/h8-9,12-13,21H,1-7,10-11H2,(H,22,23,24). The molecule has 152 valence electrons. The van der Waals surface area contributed by atoms with Crippen LogP contribution in [0.2, 0.25) is 0 Å². The molecule has 0 radical (unpaired) electrons. The Hall–Kier alpha value is -1.61. The predicted molar refractivity (Wildman–Crippen MR) is 111 cm³/mol. The molecule has 6 nitrogen and oxygen atoms in total. The molecule has 0 bridgehead atoms. The number of thioether (sulfide) groups is 1. The number of halogens is 1. The lowest BCUT2D eigenvalue weighted by Crippen LogP contribution is -2.25. The lowest BCUT2D eigenvalue weighted by molar-refractivity contribution is 0.333. The van der Waals surface area contributed by atoms with Gasteiger partial charge in [-0.1, -0.05) is 6.42 Å². The van der Waals surface area contributed by atoms with Gasteiger partial charge in [0.25, 0.3) is 5.56 Å². The average molecular weight is 426 g/mol. The Balaban J connectivity index is 1.48. The highest BCUT2D eigenvalue weighted by atomic mass is 32.2. The summed E-state index contributed by atoms with van der Waals surface area (Å²) < 4.78 is 37.4. The summed E-state index contributed by atoms with van der Waals surface area (Å²) in [5.41, 5.74) is 0.507. The van der Waals surface area contributed by atoms with Crippen molar-refractivity contribution in [3.8, 4) is 0 Å². The van der Waals surface area contributed by atoms with Gasteiger partial charge in [-0.3, -0.25) is 4.79 Å². The summed E-state index contributed by atoms with van der Waals surface area (Å²) >= 11 is 1.61. The Morgan fingerprint density at radius 3 is 2.64 bits per heavy atom. The van der Waals surface area contributed by atoms with E-state index in [1.807, 2.05) is 0 Å². The highest BCUT2D eigenvalue weighted by Crippen LogP contribution is 2.29. The molecule has 1 aromatic heterocycles. The van der Waals surface area contributed by atoms with Crippen LogP contribution in [0.15, 0.2) is 16.9 Å². The van der Waals surface area contributed by atoms with Crippen LogP contribution in [-0.4, -0.2) is 41.7 Å². The third kappa shape index (κ3) is 4.51. The smallest absolute Gasteiger partial charge is 0.258 e. The van der Waals surface area contributed by atoms with E-state index in [0.717, 1.165) is 6.54 Å². The number of sulfone groups is 1. The molecule has 0 amide bonds. The third-order valence-electron chi connectivity index (χ3n) is 5.61. The number of H-pyrrole nitrogens is 1. The van der Waals surface area contributed by atoms with Crippen molar-refractivity contribution in [2.75, 3.05) is 23.4 Å². The highest BCUT2D eigenvalue weighted by molar-refractivity contribution is 7.99. The van der Waals surface area contributed by atoms with Crippen molar-refractivity contribution in [3.63, 3.8) is 0 Å². The van der Waals surface area contributed by atoms with E-state index in [2.05, 4.69) is 15.3 Å². The minimum Gasteiger partial charge on any atom is -0.382 e. The first-order chi connectivity index (χ1) is 13.4. The summed E-state index contributed by atoms with van der Waals surface area (Å²) in [6, 6.07) is 2.85. The molecule has 2 aliphatic rings. The van der Waals surface area contributed by atoms with E-state index in [1.54, 1.807) is 17.8 Å². The van der Waals surface area contributed by atoms with Gasteiger partial charge in [0.1, 0.15) is 21.5 Å². The summed E-state index contributed by atoms with van der Waals surface area (Å²) in [5.74, 6) is 1.63. The molecule has 0 spiro atoms. The van der Waals surface area contributed by atoms with Gasteiger partial charge >= 0.3 is 0 Å². The van der Waals surface area contributed by atoms with Gasteiger partial charge in [0.2, 0.25) is 0 Å². The lowest BCUT2D eigenvalue weighted by atomic mass is 9.85. The van der Waals surface area contributed by atoms with Crippen LogP contribution in [0.1, 0.15) is 37.9 Å². The Morgan fingerprint density at radius 1 is 1.21 bits per heavy atom. The minimum absolute atomic E-state index is 0.224. The van der Waals surface area contributed by atoms with E-state index < -0.39 is 15.7 Å². The van der Waals surface area contributed by atoms with Gasteiger partial charge in [-0.25, -0.2) is 17.8 Å². The van der Waals surface area contributed by atoms with Crippen LogP contribution in [0.25, 0.3) is 10.9 Å². The number of hydrogen-bond donors (Lipinski definition) is 2. The Kier molecular flexibility index (Phi) is 5.64. The number of aromatic nitrogens is 2. The van der Waals surface area contributed by atoms with E-state index in [4.69, 9.17) is 0 Å². The summed E-state index contributed by atoms with van der Waals surface area (Å²) in [7, 11) is -2.88. The van der Waals surface area contributed by atoms with Crippen LogP contribution in [0.3, 0.4) is 0 Å². The molecule has 1 aliphatic carbocycles. The first kappa shape index (κ1) is 19.7. The maximum absolute atomic E-state index is 14.3. The summed E-state index contributed by atoms with van der Waals surface area (Å²) in [5, 5.41) is 3.64. The van der Waals surface area contributed by atoms with Crippen LogP contribution in [0, 0.1) is 11.7 Å². The molecule has 9 heteroatoms. The molecular weight excluding hydrogens is 401 g/mol. The molecular formula is C19H24FN3O3S2. The maximum atomic E-state index is 14.3. The van der Waals surface area contributed by atoms with Crippen LogP contribution in [0.4, 0.5) is 10.1 Å². The fourth-order valence-corrected chi connectivity index (χ4v) is 6.48. The lowest BCUT2D eigenvalue weighted by Gasteiger charge is -2.26.